The topological polar surface area (TPSA) is 105 Å². The van der Waals surface area contributed by atoms with Crippen LogP contribution in [-0.2, 0) is 31.0 Å². The van der Waals surface area contributed by atoms with Crippen molar-refractivity contribution in [1.29, 1.82) is 0 Å². The van der Waals surface area contributed by atoms with Crippen LogP contribution >= 0.6 is 0 Å². The molecule has 1 N–H and O–H groups in total. The third-order valence-electron chi connectivity index (χ3n) is 5.89. The molecule has 9 nitrogen and oxygen atoms in total. The lowest BCUT2D eigenvalue weighted by molar-refractivity contribution is -0.138. The number of ether oxygens (including phenoxy) is 1. The summed E-state index contributed by atoms with van der Waals surface area (Å²) in [5.41, 5.74) is 1.86. The largest absolute Gasteiger partial charge is 0.379 e. The molecule has 36 heavy (non-hydrogen) atoms. The molecule has 10 heteroatoms. The third-order valence-corrected chi connectivity index (χ3v) is 7.14. The lowest BCUT2D eigenvalue weighted by atomic mass is 10.1. The molecule has 0 saturated heterocycles. The van der Waals surface area contributed by atoms with Crippen molar-refractivity contribution in [3.05, 3.63) is 48.0 Å². The summed E-state index contributed by atoms with van der Waals surface area (Å²) in [6.45, 7) is 10.9. The summed E-state index contributed by atoms with van der Waals surface area (Å²) in [4.78, 5) is 27.7. The van der Waals surface area contributed by atoms with E-state index in [0.717, 1.165) is 25.2 Å². The van der Waals surface area contributed by atoms with Gasteiger partial charge in [-0.05, 0) is 57.5 Å². The summed E-state index contributed by atoms with van der Waals surface area (Å²) in [6.07, 6.45) is 0.724. The van der Waals surface area contributed by atoms with Crippen molar-refractivity contribution in [3.8, 4) is 5.75 Å². The lowest BCUT2D eigenvalue weighted by Crippen LogP contribution is -2.40. The van der Waals surface area contributed by atoms with Crippen molar-refractivity contribution >= 4 is 33.3 Å². The molecule has 0 aliphatic rings. The van der Waals surface area contributed by atoms with Gasteiger partial charge in [-0.1, -0.05) is 13.0 Å². The monoisotopic (exact) mass is 519 g/mol. The van der Waals surface area contributed by atoms with Gasteiger partial charge in [-0.3, -0.25) is 9.59 Å². The van der Waals surface area contributed by atoms with E-state index in [9.17, 15) is 18.0 Å². The molecule has 0 bridgehead atoms. The molecule has 198 valence electrons. The van der Waals surface area contributed by atoms with Crippen molar-refractivity contribution in [2.24, 2.45) is 0 Å². The Kier molecular flexibility index (Phi) is 10.7. The Morgan fingerprint density at radius 1 is 1.03 bits per heavy atom. The number of hydrogen-bond acceptors (Lipinski definition) is 7. The second-order valence-corrected chi connectivity index (χ2v) is 9.97. The number of carbonyl (C=O) groups is 2. The molecular weight excluding hydrogens is 482 g/mol. The first-order valence-corrected chi connectivity index (χ1v) is 13.4. The minimum absolute atomic E-state index is 0.0509. The Bertz CT molecular complexity index is 1130. The predicted molar refractivity (Wildman–Crippen MR) is 141 cm³/mol. The maximum absolute atomic E-state index is 13.2. The van der Waals surface area contributed by atoms with Crippen LogP contribution in [0.3, 0.4) is 0 Å². The zero-order valence-electron chi connectivity index (χ0n) is 21.9. The van der Waals surface area contributed by atoms with Gasteiger partial charge in [-0.25, -0.2) is 0 Å². The van der Waals surface area contributed by atoms with E-state index in [-0.39, 0.29) is 41.7 Å². The van der Waals surface area contributed by atoms with Crippen LogP contribution in [0.4, 0.5) is 11.4 Å². The number of anilines is 2. The number of methoxy groups -OCH3 is 1. The van der Waals surface area contributed by atoms with Crippen LogP contribution in [0.5, 0.6) is 5.75 Å². The standard InChI is InChI=1S/C26H37N3O6S/c1-7-19(4)29(26(31)18-34-6)17-21-10-13-23(28(8-2)9-3)16-25(21)35-36(32,33)24-14-11-22(12-15-24)27-20(5)30/h10-16,19H,7-9,17-18H2,1-6H3,(H,27,30). The minimum atomic E-state index is -4.19. The van der Waals surface area contributed by atoms with Crippen LogP contribution in [0.25, 0.3) is 0 Å². The molecule has 2 aromatic carbocycles. The predicted octanol–water partition coefficient (Wildman–Crippen LogP) is 4.03. The van der Waals surface area contributed by atoms with Gasteiger partial charge in [-0.2, -0.15) is 8.42 Å². The lowest BCUT2D eigenvalue weighted by Gasteiger charge is -2.30. The Balaban J connectivity index is 2.49. The highest BCUT2D eigenvalue weighted by Gasteiger charge is 2.24. The summed E-state index contributed by atoms with van der Waals surface area (Å²) in [6, 6.07) is 11.1. The zero-order chi connectivity index (χ0) is 26.9. The smallest absolute Gasteiger partial charge is 0.339 e. The van der Waals surface area contributed by atoms with Crippen molar-refractivity contribution in [2.75, 3.05) is 37.0 Å². The molecule has 1 atom stereocenters. The Labute approximate surface area is 214 Å². The molecule has 0 heterocycles. The number of carbonyl (C=O) groups excluding carboxylic acids is 2. The van der Waals surface area contributed by atoms with Crippen LogP contribution in [-0.4, -0.2) is 58.0 Å². The van der Waals surface area contributed by atoms with E-state index in [1.54, 1.807) is 17.0 Å². The minimum Gasteiger partial charge on any atom is -0.379 e. The second kappa shape index (κ2) is 13.3. The van der Waals surface area contributed by atoms with Crippen molar-refractivity contribution in [1.82, 2.24) is 4.90 Å². The molecule has 0 aromatic heterocycles. The summed E-state index contributed by atoms with van der Waals surface area (Å²) < 4.78 is 37.1. The van der Waals surface area contributed by atoms with E-state index in [0.29, 0.717) is 11.3 Å². The van der Waals surface area contributed by atoms with Crippen LogP contribution < -0.4 is 14.4 Å². The van der Waals surface area contributed by atoms with Gasteiger partial charge in [0.1, 0.15) is 17.3 Å². The first kappa shape index (κ1) is 29.1. The molecule has 2 rings (SSSR count). The zero-order valence-corrected chi connectivity index (χ0v) is 22.7. The number of rotatable bonds is 13. The van der Waals surface area contributed by atoms with Gasteiger partial charge >= 0.3 is 10.1 Å². The second-order valence-electron chi connectivity index (χ2n) is 8.42. The highest BCUT2D eigenvalue weighted by Crippen LogP contribution is 2.31. The molecular formula is C26H37N3O6S. The average molecular weight is 520 g/mol. The third kappa shape index (κ3) is 7.69. The van der Waals surface area contributed by atoms with E-state index in [4.69, 9.17) is 8.92 Å². The van der Waals surface area contributed by atoms with Gasteiger partial charge in [-0.15, -0.1) is 0 Å². The molecule has 0 aliphatic carbocycles. The van der Waals surface area contributed by atoms with E-state index < -0.39 is 10.1 Å². The molecule has 2 aromatic rings. The molecule has 2 amide bonds. The van der Waals surface area contributed by atoms with Crippen molar-refractivity contribution < 1.29 is 26.9 Å². The highest BCUT2D eigenvalue weighted by molar-refractivity contribution is 7.87. The molecule has 0 spiro atoms. The molecule has 0 fully saturated rings. The van der Waals surface area contributed by atoms with Crippen LogP contribution in [0.2, 0.25) is 0 Å². The average Bonchev–Trinajstić information content (AvgIpc) is 2.83. The van der Waals surface area contributed by atoms with E-state index in [2.05, 4.69) is 10.2 Å². The van der Waals surface area contributed by atoms with E-state index in [1.165, 1.54) is 38.3 Å². The van der Waals surface area contributed by atoms with Crippen molar-refractivity contribution in [2.45, 2.75) is 58.5 Å². The van der Waals surface area contributed by atoms with Gasteiger partial charge in [0.05, 0.1) is 0 Å². The number of nitrogens with one attached hydrogen (secondary N) is 1. The van der Waals surface area contributed by atoms with Gasteiger partial charge in [0.2, 0.25) is 11.8 Å². The summed E-state index contributed by atoms with van der Waals surface area (Å²) in [7, 11) is -2.73. The van der Waals surface area contributed by atoms with Gasteiger partial charge in [0.25, 0.3) is 0 Å². The maximum Gasteiger partial charge on any atom is 0.339 e. The van der Waals surface area contributed by atoms with Crippen molar-refractivity contribution in [3.63, 3.8) is 0 Å². The number of nitrogens with zero attached hydrogens (tertiary/aromatic N) is 2. The Hall–Kier alpha value is -3.11. The van der Waals surface area contributed by atoms with Gasteiger partial charge in [0, 0.05) is 62.7 Å². The Morgan fingerprint density at radius 3 is 2.19 bits per heavy atom. The summed E-state index contributed by atoms with van der Waals surface area (Å²) in [5, 5.41) is 2.61. The Morgan fingerprint density at radius 2 is 1.67 bits per heavy atom. The maximum atomic E-state index is 13.2. The van der Waals surface area contributed by atoms with Crippen LogP contribution in [0.1, 0.15) is 46.6 Å². The molecule has 1 unspecified atom stereocenters. The normalized spacial score (nSPS) is 12.1. The van der Waals surface area contributed by atoms with Gasteiger partial charge in [0.15, 0.2) is 0 Å². The fourth-order valence-electron chi connectivity index (χ4n) is 3.71. The number of hydrogen-bond donors (Lipinski definition) is 1. The van der Waals surface area contributed by atoms with E-state index in [1.807, 2.05) is 33.8 Å². The number of amides is 2. The molecule has 0 aliphatic heterocycles. The summed E-state index contributed by atoms with van der Waals surface area (Å²) in [5.74, 6) is -0.292. The molecule has 0 radical (unpaired) electrons. The quantitative estimate of drug-likeness (QED) is 0.398. The number of benzene rings is 2. The first-order chi connectivity index (χ1) is 17.1. The molecule has 0 saturated carbocycles. The fourth-order valence-corrected chi connectivity index (χ4v) is 4.67. The van der Waals surface area contributed by atoms with E-state index >= 15 is 0 Å². The van der Waals surface area contributed by atoms with Crippen LogP contribution in [0, 0.1) is 0 Å². The fraction of sp³-hybridized carbons (Fsp3) is 0.462. The van der Waals surface area contributed by atoms with Crippen LogP contribution in [0.15, 0.2) is 47.4 Å². The van der Waals surface area contributed by atoms with Gasteiger partial charge < -0.3 is 24.0 Å². The highest BCUT2D eigenvalue weighted by atomic mass is 32.2. The summed E-state index contributed by atoms with van der Waals surface area (Å²) >= 11 is 0. The SMILES string of the molecule is CCC(C)N(Cc1ccc(N(CC)CC)cc1OS(=O)(=O)c1ccc(NC(C)=O)cc1)C(=O)COC. The first-order valence-electron chi connectivity index (χ1n) is 12.0.